The maximum atomic E-state index is 13.2. The monoisotopic (exact) mass is 373 g/mol. The molecule has 28 heavy (non-hydrogen) atoms. The van der Waals surface area contributed by atoms with Crippen LogP contribution in [0, 0.1) is 17.8 Å². The Labute approximate surface area is 166 Å². The molecule has 0 aromatic heterocycles. The van der Waals surface area contributed by atoms with Gasteiger partial charge in [-0.05, 0) is 67.9 Å². The van der Waals surface area contributed by atoms with Crippen LogP contribution in [-0.2, 0) is 6.42 Å². The Hall–Kier alpha value is -2.42. The highest BCUT2D eigenvalue weighted by Crippen LogP contribution is 2.55. The van der Waals surface area contributed by atoms with E-state index in [4.69, 9.17) is 0 Å². The molecule has 4 aliphatic carbocycles. The molecule has 1 N–H and O–H groups in total. The predicted octanol–water partition coefficient (Wildman–Crippen LogP) is 4.81. The van der Waals surface area contributed by atoms with Crippen LogP contribution in [0.2, 0.25) is 0 Å². The average molecular weight is 373 g/mol. The molecule has 144 valence electrons. The minimum atomic E-state index is -0.0704. The number of amides is 1. The third-order valence-corrected chi connectivity index (χ3v) is 7.10. The normalized spacial score (nSPS) is 30.2. The standard InChI is InChI=1S/C25H27NO2/c27-23(13-17-6-2-1-3-7-17)21-8-4-5-9-22(21)24(28)26-25-14-18-10-19(15-25)12-20(11-18)16-25/h1-9,18-20H,10-16H2,(H,26,28). The van der Waals surface area contributed by atoms with Gasteiger partial charge in [-0.2, -0.15) is 0 Å². The van der Waals surface area contributed by atoms with Gasteiger partial charge in [-0.3, -0.25) is 9.59 Å². The Morgan fingerprint density at radius 3 is 1.93 bits per heavy atom. The van der Waals surface area contributed by atoms with E-state index in [0.717, 1.165) is 42.6 Å². The molecule has 0 saturated heterocycles. The molecule has 0 atom stereocenters. The summed E-state index contributed by atoms with van der Waals surface area (Å²) < 4.78 is 0. The van der Waals surface area contributed by atoms with Crippen LogP contribution in [-0.4, -0.2) is 17.2 Å². The Kier molecular flexibility index (Phi) is 4.34. The molecule has 2 aromatic carbocycles. The van der Waals surface area contributed by atoms with E-state index in [2.05, 4.69) is 5.32 Å². The summed E-state index contributed by atoms with van der Waals surface area (Å²) >= 11 is 0. The Balaban J connectivity index is 1.36. The summed E-state index contributed by atoms with van der Waals surface area (Å²) in [5.74, 6) is 2.27. The van der Waals surface area contributed by atoms with Gasteiger partial charge in [-0.1, -0.05) is 48.5 Å². The summed E-state index contributed by atoms with van der Waals surface area (Å²) in [6, 6.07) is 17.0. The van der Waals surface area contributed by atoms with Crippen LogP contribution in [0.1, 0.15) is 64.8 Å². The molecule has 2 aromatic rings. The van der Waals surface area contributed by atoms with Crippen LogP contribution in [0.4, 0.5) is 0 Å². The quantitative estimate of drug-likeness (QED) is 0.765. The van der Waals surface area contributed by atoms with Gasteiger partial charge in [0.1, 0.15) is 0 Å². The number of Topliss-reactive ketones (excluding diaryl/α,β-unsaturated/α-hetero) is 1. The summed E-state index contributed by atoms with van der Waals surface area (Å²) in [5, 5.41) is 3.41. The highest BCUT2D eigenvalue weighted by Gasteiger charge is 2.51. The molecule has 4 fully saturated rings. The van der Waals surface area contributed by atoms with Crippen LogP contribution in [0.25, 0.3) is 0 Å². The molecule has 3 heteroatoms. The molecule has 3 nitrogen and oxygen atoms in total. The van der Waals surface area contributed by atoms with Gasteiger partial charge in [0.2, 0.25) is 0 Å². The van der Waals surface area contributed by atoms with Crippen molar-refractivity contribution < 1.29 is 9.59 Å². The predicted molar refractivity (Wildman–Crippen MR) is 109 cm³/mol. The van der Waals surface area contributed by atoms with Crippen molar-refractivity contribution in [2.45, 2.75) is 50.5 Å². The second-order valence-corrected chi connectivity index (χ2v) is 9.28. The SMILES string of the molecule is O=C(Cc1ccccc1)c1ccccc1C(=O)NC12CC3CC(CC(C3)C1)C2. The number of hydrogen-bond donors (Lipinski definition) is 1. The average Bonchev–Trinajstić information content (AvgIpc) is 2.67. The second kappa shape index (κ2) is 6.88. The smallest absolute Gasteiger partial charge is 0.252 e. The first-order valence-corrected chi connectivity index (χ1v) is 10.6. The van der Waals surface area contributed by atoms with Gasteiger partial charge in [-0.25, -0.2) is 0 Å². The number of benzene rings is 2. The first-order chi connectivity index (χ1) is 13.6. The number of nitrogens with one attached hydrogen (secondary N) is 1. The van der Waals surface area contributed by atoms with Crippen LogP contribution in [0.3, 0.4) is 0 Å². The molecular weight excluding hydrogens is 346 g/mol. The van der Waals surface area contributed by atoms with Crippen molar-refractivity contribution in [3.63, 3.8) is 0 Å². The van der Waals surface area contributed by atoms with Gasteiger partial charge in [0.15, 0.2) is 5.78 Å². The highest BCUT2D eigenvalue weighted by atomic mass is 16.2. The lowest BCUT2D eigenvalue weighted by atomic mass is 9.53. The lowest BCUT2D eigenvalue weighted by Gasteiger charge is -2.56. The zero-order chi connectivity index (χ0) is 19.1. The molecule has 0 spiro atoms. The van der Waals surface area contributed by atoms with E-state index in [-0.39, 0.29) is 17.2 Å². The molecule has 0 radical (unpaired) electrons. The molecule has 4 saturated carbocycles. The van der Waals surface area contributed by atoms with Gasteiger partial charge >= 0.3 is 0 Å². The zero-order valence-electron chi connectivity index (χ0n) is 16.2. The largest absolute Gasteiger partial charge is 0.347 e. The van der Waals surface area contributed by atoms with Crippen LogP contribution < -0.4 is 5.32 Å². The molecule has 6 rings (SSSR count). The van der Waals surface area contributed by atoms with E-state index in [1.807, 2.05) is 42.5 Å². The van der Waals surface area contributed by atoms with E-state index >= 15 is 0 Å². The van der Waals surface area contributed by atoms with Crippen molar-refractivity contribution >= 4 is 11.7 Å². The fourth-order valence-electron chi connectivity index (χ4n) is 6.37. The molecular formula is C25H27NO2. The maximum absolute atomic E-state index is 13.2. The van der Waals surface area contributed by atoms with Gasteiger partial charge in [0.05, 0.1) is 5.56 Å². The molecule has 0 aliphatic heterocycles. The summed E-state index contributed by atoms with van der Waals surface area (Å²) in [7, 11) is 0. The maximum Gasteiger partial charge on any atom is 0.252 e. The number of rotatable bonds is 5. The third kappa shape index (κ3) is 3.28. The van der Waals surface area contributed by atoms with Crippen molar-refractivity contribution in [1.82, 2.24) is 5.32 Å². The minimum absolute atomic E-state index is 0.00228. The Bertz CT molecular complexity index is 866. The molecule has 0 unspecified atom stereocenters. The van der Waals surface area contributed by atoms with Crippen LogP contribution in [0.5, 0.6) is 0 Å². The van der Waals surface area contributed by atoms with Crippen molar-refractivity contribution in [3.05, 3.63) is 71.3 Å². The number of ketones is 1. The number of carbonyl (C=O) groups is 2. The first-order valence-electron chi connectivity index (χ1n) is 10.6. The number of hydrogen-bond acceptors (Lipinski definition) is 2. The second-order valence-electron chi connectivity index (χ2n) is 9.28. The minimum Gasteiger partial charge on any atom is -0.347 e. The van der Waals surface area contributed by atoms with Crippen molar-refractivity contribution in [1.29, 1.82) is 0 Å². The van der Waals surface area contributed by atoms with Crippen molar-refractivity contribution in [2.75, 3.05) is 0 Å². The van der Waals surface area contributed by atoms with Gasteiger partial charge in [-0.15, -0.1) is 0 Å². The Morgan fingerprint density at radius 1 is 0.786 bits per heavy atom. The molecule has 4 bridgehead atoms. The van der Waals surface area contributed by atoms with Crippen LogP contribution in [0.15, 0.2) is 54.6 Å². The fourth-order valence-corrected chi connectivity index (χ4v) is 6.37. The van der Waals surface area contributed by atoms with E-state index in [1.54, 1.807) is 12.1 Å². The lowest BCUT2D eigenvalue weighted by molar-refractivity contribution is -0.0167. The highest BCUT2D eigenvalue weighted by molar-refractivity contribution is 6.08. The zero-order valence-corrected chi connectivity index (χ0v) is 16.2. The summed E-state index contributed by atoms with van der Waals surface area (Å²) in [4.78, 5) is 26.2. The topological polar surface area (TPSA) is 46.2 Å². The molecule has 4 aliphatic rings. The fraction of sp³-hybridized carbons (Fsp3) is 0.440. The lowest BCUT2D eigenvalue weighted by Crippen LogP contribution is -2.59. The van der Waals surface area contributed by atoms with Gasteiger partial charge in [0, 0.05) is 17.5 Å². The van der Waals surface area contributed by atoms with E-state index in [1.165, 1.54) is 19.3 Å². The summed E-state index contributed by atoms with van der Waals surface area (Å²) in [6.45, 7) is 0. The number of carbonyl (C=O) groups excluding carboxylic acids is 2. The van der Waals surface area contributed by atoms with Crippen molar-refractivity contribution in [3.8, 4) is 0 Å². The molecule has 1 amide bonds. The molecule has 0 heterocycles. The Morgan fingerprint density at radius 2 is 1.32 bits per heavy atom. The first kappa shape index (κ1) is 17.7. The van der Waals surface area contributed by atoms with E-state index in [9.17, 15) is 9.59 Å². The van der Waals surface area contributed by atoms with Gasteiger partial charge in [0.25, 0.3) is 5.91 Å². The third-order valence-electron chi connectivity index (χ3n) is 7.10. The van der Waals surface area contributed by atoms with E-state index < -0.39 is 0 Å². The summed E-state index contributed by atoms with van der Waals surface area (Å²) in [6.07, 6.45) is 7.72. The van der Waals surface area contributed by atoms with Crippen LogP contribution >= 0.6 is 0 Å². The van der Waals surface area contributed by atoms with Crippen molar-refractivity contribution in [2.24, 2.45) is 17.8 Å². The van der Waals surface area contributed by atoms with E-state index in [0.29, 0.717) is 17.5 Å². The van der Waals surface area contributed by atoms with Gasteiger partial charge < -0.3 is 5.32 Å². The summed E-state index contributed by atoms with van der Waals surface area (Å²) in [5.41, 5.74) is 2.00.